The Morgan fingerprint density at radius 2 is 1.56 bits per heavy atom. The third-order valence-electron chi connectivity index (χ3n) is 1.21. The molecule has 0 aromatic heterocycles. The number of rotatable bonds is 2. The summed E-state index contributed by atoms with van der Waals surface area (Å²) in [6, 6.07) is 9.19. The second-order valence-electron chi connectivity index (χ2n) is 2.55. The molecule has 0 aliphatic rings. The number of carbonyl (C=O) groups is 2. The van der Waals surface area contributed by atoms with Crippen LogP contribution >= 0.6 is 0 Å². The van der Waals surface area contributed by atoms with Crippen LogP contribution in [0.15, 0.2) is 36.4 Å². The van der Waals surface area contributed by atoms with E-state index in [2.05, 4.69) is 0 Å². The number of carboxylic acids is 2. The molecule has 16 heavy (non-hydrogen) atoms. The van der Waals surface area contributed by atoms with E-state index in [1.54, 1.807) is 0 Å². The van der Waals surface area contributed by atoms with Gasteiger partial charge in [0.2, 0.25) is 0 Å². The van der Waals surface area contributed by atoms with Crippen molar-refractivity contribution in [3.05, 3.63) is 42.0 Å². The van der Waals surface area contributed by atoms with E-state index in [4.69, 9.17) is 9.90 Å². The first-order chi connectivity index (χ1) is 7.02. The van der Waals surface area contributed by atoms with Crippen LogP contribution in [0.2, 0.25) is 0 Å². The van der Waals surface area contributed by atoms with Gasteiger partial charge in [-0.1, -0.05) is 36.4 Å². The molecule has 4 nitrogen and oxygen atoms in total. The summed E-state index contributed by atoms with van der Waals surface area (Å²) in [5.41, 5.74) is 0.858. The van der Waals surface area contributed by atoms with Crippen LogP contribution in [0.1, 0.15) is 12.5 Å². The van der Waals surface area contributed by atoms with E-state index < -0.39 is 11.9 Å². The van der Waals surface area contributed by atoms with E-state index >= 15 is 0 Å². The fourth-order valence-electron chi connectivity index (χ4n) is 0.728. The summed E-state index contributed by atoms with van der Waals surface area (Å²) in [5.74, 6) is -2.26. The molecule has 0 spiro atoms. The number of hydrogen-bond donors (Lipinski definition) is 0. The van der Waals surface area contributed by atoms with Crippen LogP contribution in [-0.2, 0) is 29.1 Å². The van der Waals surface area contributed by atoms with Crippen molar-refractivity contribution in [1.82, 2.24) is 0 Å². The molecule has 0 radical (unpaired) electrons. The van der Waals surface area contributed by atoms with Gasteiger partial charge in [-0.3, -0.25) is 0 Å². The largest absolute Gasteiger partial charge is 2.00 e. The van der Waals surface area contributed by atoms with Gasteiger partial charge < -0.3 is 19.8 Å². The van der Waals surface area contributed by atoms with Crippen LogP contribution in [0.3, 0.4) is 0 Å². The van der Waals surface area contributed by atoms with Gasteiger partial charge in [0.05, 0.1) is 5.97 Å². The normalized spacial score (nSPS) is 8.56. The van der Waals surface area contributed by atoms with Gasteiger partial charge in [0.1, 0.15) is 0 Å². The van der Waals surface area contributed by atoms with Crippen molar-refractivity contribution in [2.45, 2.75) is 6.92 Å². The molecule has 0 saturated carbocycles. The monoisotopic (exact) mass is 270 g/mol. The van der Waals surface area contributed by atoms with Crippen molar-refractivity contribution in [1.29, 1.82) is 0 Å². The first-order valence-corrected chi connectivity index (χ1v) is 4.14. The van der Waals surface area contributed by atoms with Crippen molar-refractivity contribution in [2.75, 3.05) is 0 Å². The molecule has 1 aromatic carbocycles. The van der Waals surface area contributed by atoms with E-state index in [0.717, 1.165) is 18.6 Å². The fourth-order valence-corrected chi connectivity index (χ4v) is 0.728. The first kappa shape index (κ1) is 16.9. The van der Waals surface area contributed by atoms with Crippen molar-refractivity contribution < 1.29 is 39.3 Å². The predicted octanol–water partition coefficient (Wildman–Crippen LogP) is -0.797. The minimum Gasteiger partial charge on any atom is -0.550 e. The van der Waals surface area contributed by atoms with Gasteiger partial charge in [-0.2, -0.15) is 0 Å². The van der Waals surface area contributed by atoms with Gasteiger partial charge >= 0.3 is 19.5 Å². The molecule has 0 heterocycles. The van der Waals surface area contributed by atoms with Gasteiger partial charge in [-0.25, -0.2) is 0 Å². The Kier molecular flexibility index (Phi) is 10.6. The summed E-state index contributed by atoms with van der Waals surface area (Å²) in [7, 11) is 0. The molecule has 0 unspecified atom stereocenters. The van der Waals surface area contributed by atoms with Gasteiger partial charge in [0.15, 0.2) is 0 Å². The third-order valence-corrected chi connectivity index (χ3v) is 1.21. The van der Waals surface area contributed by atoms with Crippen LogP contribution in [0.4, 0.5) is 0 Å². The van der Waals surface area contributed by atoms with E-state index in [9.17, 15) is 9.90 Å². The van der Waals surface area contributed by atoms with Crippen molar-refractivity contribution in [2.24, 2.45) is 0 Å². The maximum Gasteiger partial charge on any atom is 2.00 e. The number of carboxylic acid groups (broad SMARTS) is 2. The molecule has 1 aromatic rings. The Bertz CT molecular complexity index is 342. The van der Waals surface area contributed by atoms with Gasteiger partial charge in [-0.05, 0) is 18.6 Å². The number of aliphatic carboxylic acids is 2. The molecule has 0 bridgehead atoms. The zero-order chi connectivity index (χ0) is 11.7. The first-order valence-electron chi connectivity index (χ1n) is 4.14. The molecular weight excluding hydrogens is 262 g/mol. The van der Waals surface area contributed by atoms with E-state index in [-0.39, 0.29) is 19.5 Å². The molecule has 0 N–H and O–H groups in total. The Balaban J connectivity index is 0. The molecule has 5 heteroatoms. The second kappa shape index (κ2) is 10.1. The zero-order valence-electron chi connectivity index (χ0n) is 8.88. The molecule has 0 amide bonds. The summed E-state index contributed by atoms with van der Waals surface area (Å²) >= 11 is 0. The second-order valence-corrected chi connectivity index (χ2v) is 2.55. The average Bonchev–Trinajstić information content (AvgIpc) is 2.15. The van der Waals surface area contributed by atoms with Crippen molar-refractivity contribution in [3.63, 3.8) is 0 Å². The molecule has 1 rings (SSSR count). The van der Waals surface area contributed by atoms with Gasteiger partial charge in [0.25, 0.3) is 0 Å². The predicted molar refractivity (Wildman–Crippen MR) is 51.2 cm³/mol. The number of benzene rings is 1. The van der Waals surface area contributed by atoms with Crippen LogP contribution < -0.4 is 10.2 Å². The average molecular weight is 272 g/mol. The Hall–Kier alpha value is -1.48. The quantitative estimate of drug-likeness (QED) is 0.521. The summed E-state index contributed by atoms with van der Waals surface area (Å²) < 4.78 is 0. The number of hydrogen-bond acceptors (Lipinski definition) is 4. The summed E-state index contributed by atoms with van der Waals surface area (Å²) in [4.78, 5) is 18.9. The molecule has 0 atom stereocenters. The maximum absolute atomic E-state index is 9.97. The molecular formula is C11H10O4Zn. The molecule has 0 aliphatic carbocycles. The molecule has 0 saturated heterocycles. The number of carbonyl (C=O) groups excluding carboxylic acids is 2. The molecule has 0 aliphatic heterocycles. The van der Waals surface area contributed by atoms with Crippen LogP contribution in [-0.4, -0.2) is 11.9 Å². The maximum atomic E-state index is 9.97. The van der Waals surface area contributed by atoms with Crippen LogP contribution in [0.25, 0.3) is 6.08 Å². The standard InChI is InChI=1S/C9H8O2.C2H4O2.Zn/c10-9(11)7-6-8-4-2-1-3-5-8;1-2(3)4;/h1-7H,(H,10,11);1H3,(H,3,4);/q;;+2/p-2/b7-6+;;. The van der Waals surface area contributed by atoms with Gasteiger partial charge in [-0.15, -0.1) is 0 Å². The van der Waals surface area contributed by atoms with E-state index in [1.165, 1.54) is 6.08 Å². The topological polar surface area (TPSA) is 80.3 Å². The van der Waals surface area contributed by atoms with Crippen molar-refractivity contribution in [3.8, 4) is 0 Å². The molecule has 0 fully saturated rings. The van der Waals surface area contributed by atoms with Crippen LogP contribution in [0, 0.1) is 0 Å². The third kappa shape index (κ3) is 12.5. The summed E-state index contributed by atoms with van der Waals surface area (Å²) in [6.07, 6.45) is 2.50. The van der Waals surface area contributed by atoms with E-state index in [0.29, 0.717) is 0 Å². The summed E-state index contributed by atoms with van der Waals surface area (Å²) in [5, 5.41) is 18.9. The van der Waals surface area contributed by atoms with Gasteiger partial charge in [0, 0.05) is 5.97 Å². The summed E-state index contributed by atoms with van der Waals surface area (Å²) in [6.45, 7) is 0.972. The smallest absolute Gasteiger partial charge is 0.550 e. The Morgan fingerprint density at radius 1 is 1.12 bits per heavy atom. The minimum atomic E-state index is -1.17. The van der Waals surface area contributed by atoms with Crippen LogP contribution in [0.5, 0.6) is 0 Å². The minimum absolute atomic E-state index is 0. The Labute approximate surface area is 106 Å². The molecule has 80 valence electrons. The SMILES string of the molecule is CC(=O)[O-].O=C([O-])/C=C/c1ccccc1.[Zn+2]. The fraction of sp³-hybridized carbons (Fsp3) is 0.0909. The van der Waals surface area contributed by atoms with Crippen molar-refractivity contribution >= 4 is 18.0 Å². The Morgan fingerprint density at radius 3 is 1.94 bits per heavy atom. The zero-order valence-corrected chi connectivity index (χ0v) is 11.8. The van der Waals surface area contributed by atoms with E-state index in [1.807, 2.05) is 30.3 Å².